The number of benzene rings is 3. The Morgan fingerprint density at radius 2 is 1.55 bits per heavy atom. The van der Waals surface area contributed by atoms with E-state index in [0.717, 1.165) is 42.8 Å². The first-order valence-corrected chi connectivity index (χ1v) is 10.0. The maximum atomic E-state index is 12.2. The molecule has 0 atom stereocenters. The Balaban J connectivity index is 1.28. The van der Waals surface area contributed by atoms with E-state index in [9.17, 15) is 4.79 Å². The average Bonchev–Trinajstić information content (AvgIpc) is 2.77. The van der Waals surface area contributed by atoms with Gasteiger partial charge in [-0.2, -0.15) is 0 Å². The SMILES string of the molecule is O=c1cc(NCCCNCc2ccccc2-c2ccccc2)[nH]c2ccccc12. The van der Waals surface area contributed by atoms with Crippen LogP contribution in [0.1, 0.15) is 12.0 Å². The van der Waals surface area contributed by atoms with Crippen molar-refractivity contribution in [3.05, 3.63) is 101 Å². The van der Waals surface area contributed by atoms with Gasteiger partial charge in [0.15, 0.2) is 5.43 Å². The zero-order chi connectivity index (χ0) is 19.9. The van der Waals surface area contributed by atoms with E-state index in [2.05, 4.69) is 64.1 Å². The summed E-state index contributed by atoms with van der Waals surface area (Å²) in [4.78, 5) is 15.4. The smallest absolute Gasteiger partial charge is 0.191 e. The number of H-pyrrole nitrogens is 1. The molecular weight excluding hydrogens is 358 g/mol. The fraction of sp³-hybridized carbons (Fsp3) is 0.160. The molecule has 0 saturated carbocycles. The summed E-state index contributed by atoms with van der Waals surface area (Å²) < 4.78 is 0. The molecule has 4 aromatic rings. The summed E-state index contributed by atoms with van der Waals surface area (Å²) in [5.74, 6) is 0.767. The molecule has 3 N–H and O–H groups in total. The van der Waals surface area contributed by atoms with Crippen LogP contribution in [0.4, 0.5) is 5.82 Å². The molecule has 0 bridgehead atoms. The molecule has 0 aliphatic carbocycles. The van der Waals surface area contributed by atoms with Crippen molar-refractivity contribution < 1.29 is 0 Å². The number of para-hydroxylation sites is 1. The number of nitrogens with one attached hydrogen (secondary N) is 3. The molecule has 3 aromatic carbocycles. The van der Waals surface area contributed by atoms with Gasteiger partial charge in [0.05, 0.1) is 5.52 Å². The van der Waals surface area contributed by atoms with Gasteiger partial charge in [0.1, 0.15) is 5.82 Å². The number of anilines is 1. The lowest BCUT2D eigenvalue weighted by Crippen LogP contribution is -2.18. The van der Waals surface area contributed by atoms with Crippen molar-refractivity contribution in [2.24, 2.45) is 0 Å². The standard InChI is InChI=1S/C25H25N3O/c29-24-17-25(28-23-14-7-6-13-22(23)24)27-16-8-15-26-18-20-11-4-5-12-21(20)19-9-2-1-3-10-19/h1-7,9-14,17,26H,8,15-16,18H2,(H2,27,28,29). The van der Waals surface area contributed by atoms with E-state index in [1.807, 2.05) is 30.3 Å². The maximum absolute atomic E-state index is 12.2. The third-order valence-corrected chi connectivity index (χ3v) is 5.00. The van der Waals surface area contributed by atoms with Crippen LogP contribution in [0.5, 0.6) is 0 Å². The maximum Gasteiger partial charge on any atom is 0.191 e. The summed E-state index contributed by atoms with van der Waals surface area (Å²) in [7, 11) is 0. The average molecular weight is 383 g/mol. The number of pyridine rings is 1. The molecule has 0 aliphatic rings. The second kappa shape index (κ2) is 9.22. The first-order valence-electron chi connectivity index (χ1n) is 10.0. The molecular formula is C25H25N3O. The van der Waals surface area contributed by atoms with Crippen molar-refractivity contribution in [1.29, 1.82) is 0 Å². The molecule has 4 rings (SSSR count). The van der Waals surface area contributed by atoms with E-state index in [4.69, 9.17) is 0 Å². The van der Waals surface area contributed by atoms with Gasteiger partial charge in [-0.15, -0.1) is 0 Å². The van der Waals surface area contributed by atoms with Gasteiger partial charge < -0.3 is 15.6 Å². The van der Waals surface area contributed by atoms with Crippen LogP contribution in [0.2, 0.25) is 0 Å². The highest BCUT2D eigenvalue weighted by Crippen LogP contribution is 2.23. The second-order valence-corrected chi connectivity index (χ2v) is 7.07. The van der Waals surface area contributed by atoms with Crippen molar-refractivity contribution in [2.75, 3.05) is 18.4 Å². The third kappa shape index (κ3) is 4.73. The van der Waals surface area contributed by atoms with Crippen LogP contribution in [0.15, 0.2) is 89.7 Å². The van der Waals surface area contributed by atoms with Crippen molar-refractivity contribution in [3.8, 4) is 11.1 Å². The molecule has 1 aromatic heterocycles. The summed E-state index contributed by atoms with van der Waals surface area (Å²) in [6.45, 7) is 2.52. The Hall–Kier alpha value is -3.37. The van der Waals surface area contributed by atoms with Crippen LogP contribution in [-0.4, -0.2) is 18.1 Å². The van der Waals surface area contributed by atoms with Gasteiger partial charge >= 0.3 is 0 Å². The summed E-state index contributed by atoms with van der Waals surface area (Å²) >= 11 is 0. The lowest BCUT2D eigenvalue weighted by Gasteiger charge is -2.11. The number of fused-ring (bicyclic) bond motifs is 1. The monoisotopic (exact) mass is 383 g/mol. The Kier molecular flexibility index (Phi) is 6.03. The van der Waals surface area contributed by atoms with E-state index in [1.54, 1.807) is 6.07 Å². The molecule has 146 valence electrons. The minimum Gasteiger partial charge on any atom is -0.371 e. The molecule has 29 heavy (non-hydrogen) atoms. The van der Waals surface area contributed by atoms with Crippen molar-refractivity contribution in [1.82, 2.24) is 10.3 Å². The molecule has 0 aliphatic heterocycles. The largest absolute Gasteiger partial charge is 0.371 e. The van der Waals surface area contributed by atoms with E-state index < -0.39 is 0 Å². The van der Waals surface area contributed by atoms with Gasteiger partial charge in [0.2, 0.25) is 0 Å². The first-order chi connectivity index (χ1) is 14.3. The van der Waals surface area contributed by atoms with Crippen molar-refractivity contribution >= 4 is 16.7 Å². The van der Waals surface area contributed by atoms with Crippen molar-refractivity contribution in [3.63, 3.8) is 0 Å². The minimum absolute atomic E-state index is 0.0393. The molecule has 0 radical (unpaired) electrons. The molecule has 0 unspecified atom stereocenters. The second-order valence-electron chi connectivity index (χ2n) is 7.07. The van der Waals surface area contributed by atoms with Crippen LogP contribution < -0.4 is 16.1 Å². The summed E-state index contributed by atoms with van der Waals surface area (Å²) in [6, 6.07) is 28.2. The van der Waals surface area contributed by atoms with Crippen LogP contribution in [-0.2, 0) is 6.54 Å². The van der Waals surface area contributed by atoms with E-state index in [0.29, 0.717) is 0 Å². The zero-order valence-corrected chi connectivity index (χ0v) is 16.3. The van der Waals surface area contributed by atoms with E-state index in [1.165, 1.54) is 16.7 Å². The summed E-state index contributed by atoms with van der Waals surface area (Å²) in [5.41, 5.74) is 4.71. The molecule has 0 spiro atoms. The van der Waals surface area contributed by atoms with Crippen LogP contribution in [0, 0.1) is 0 Å². The Morgan fingerprint density at radius 1 is 0.793 bits per heavy atom. The third-order valence-electron chi connectivity index (χ3n) is 5.00. The van der Waals surface area contributed by atoms with Crippen LogP contribution >= 0.6 is 0 Å². The molecule has 0 fully saturated rings. The minimum atomic E-state index is 0.0393. The quantitative estimate of drug-likeness (QED) is 0.384. The Bertz CT molecular complexity index is 1140. The number of rotatable bonds is 8. The highest BCUT2D eigenvalue weighted by atomic mass is 16.1. The highest BCUT2D eigenvalue weighted by Gasteiger charge is 2.04. The van der Waals surface area contributed by atoms with Crippen LogP contribution in [0.25, 0.3) is 22.0 Å². The van der Waals surface area contributed by atoms with E-state index in [-0.39, 0.29) is 5.43 Å². The fourth-order valence-electron chi connectivity index (χ4n) is 3.53. The summed E-state index contributed by atoms with van der Waals surface area (Å²) in [5, 5.41) is 7.56. The molecule has 0 amide bonds. The van der Waals surface area contributed by atoms with Gasteiger partial charge in [-0.3, -0.25) is 4.79 Å². The van der Waals surface area contributed by atoms with Gasteiger partial charge in [-0.1, -0.05) is 66.7 Å². The number of hydrogen-bond donors (Lipinski definition) is 3. The Morgan fingerprint density at radius 3 is 2.45 bits per heavy atom. The predicted molar refractivity (Wildman–Crippen MR) is 121 cm³/mol. The van der Waals surface area contributed by atoms with E-state index >= 15 is 0 Å². The number of aromatic amines is 1. The predicted octanol–water partition coefficient (Wildman–Crippen LogP) is 4.79. The van der Waals surface area contributed by atoms with Gasteiger partial charge in [-0.05, 0) is 41.8 Å². The van der Waals surface area contributed by atoms with Gasteiger partial charge in [0, 0.05) is 24.5 Å². The topological polar surface area (TPSA) is 56.9 Å². The first kappa shape index (κ1) is 19.0. The van der Waals surface area contributed by atoms with Gasteiger partial charge in [-0.25, -0.2) is 0 Å². The lowest BCUT2D eigenvalue weighted by atomic mass is 10.00. The Labute approximate surface area is 170 Å². The molecule has 4 heteroatoms. The molecule has 1 heterocycles. The number of hydrogen-bond acceptors (Lipinski definition) is 3. The fourth-order valence-corrected chi connectivity index (χ4v) is 3.53. The van der Waals surface area contributed by atoms with Gasteiger partial charge in [0.25, 0.3) is 0 Å². The van der Waals surface area contributed by atoms with Crippen molar-refractivity contribution in [2.45, 2.75) is 13.0 Å². The van der Waals surface area contributed by atoms with Crippen LogP contribution in [0.3, 0.4) is 0 Å². The normalized spacial score (nSPS) is 10.9. The highest BCUT2D eigenvalue weighted by molar-refractivity contribution is 5.79. The molecule has 4 nitrogen and oxygen atoms in total. The number of aromatic nitrogens is 1. The molecule has 0 saturated heterocycles. The zero-order valence-electron chi connectivity index (χ0n) is 16.3. The lowest BCUT2D eigenvalue weighted by molar-refractivity contribution is 0.663. The summed E-state index contributed by atoms with van der Waals surface area (Å²) in [6.07, 6.45) is 0.961.